The van der Waals surface area contributed by atoms with Crippen LogP contribution in [-0.2, 0) is 11.3 Å². The normalized spacial score (nSPS) is 22.6. The quantitative estimate of drug-likeness (QED) is 0.823. The zero-order valence-electron chi connectivity index (χ0n) is 15.2. The molecule has 2 saturated heterocycles. The fraction of sp³-hybridized carbons (Fsp3) is 0.550. The minimum Gasteiger partial charge on any atom is -0.379 e. The van der Waals surface area contributed by atoms with Crippen LogP contribution in [0.1, 0.15) is 24.8 Å². The molecule has 0 spiro atoms. The molecule has 140 valence electrons. The predicted molar refractivity (Wildman–Crippen MR) is 98.8 cm³/mol. The summed E-state index contributed by atoms with van der Waals surface area (Å²) in [6, 6.07) is 7.16. The minimum absolute atomic E-state index is 0.235. The summed E-state index contributed by atoms with van der Waals surface area (Å²) in [5, 5.41) is 4.43. The summed E-state index contributed by atoms with van der Waals surface area (Å²) in [7, 11) is 0. The second-order valence-corrected chi connectivity index (χ2v) is 7.31. The van der Waals surface area contributed by atoms with Crippen molar-refractivity contribution in [1.29, 1.82) is 0 Å². The Morgan fingerprint density at radius 3 is 2.88 bits per heavy atom. The summed E-state index contributed by atoms with van der Waals surface area (Å²) in [6.07, 6.45) is 7.77. The number of hydrogen-bond donors (Lipinski definition) is 0. The molecule has 0 N–H and O–H groups in total. The first kappa shape index (κ1) is 17.6. The van der Waals surface area contributed by atoms with E-state index in [-0.39, 0.29) is 5.82 Å². The van der Waals surface area contributed by atoms with Crippen molar-refractivity contribution < 1.29 is 9.13 Å². The number of likely N-dealkylation sites (tertiary alicyclic amines) is 1. The lowest BCUT2D eigenvalue weighted by atomic mass is 10.0. The van der Waals surface area contributed by atoms with E-state index in [0.717, 1.165) is 51.6 Å². The number of nitrogens with zero attached hydrogens (tertiary/aromatic N) is 4. The number of rotatable bonds is 5. The number of ether oxygens (including phenoxy) is 1. The van der Waals surface area contributed by atoms with E-state index in [1.807, 2.05) is 18.5 Å². The second-order valence-electron chi connectivity index (χ2n) is 7.31. The molecule has 2 aromatic rings. The maximum atomic E-state index is 13.4. The maximum Gasteiger partial charge on any atom is 0.125 e. The van der Waals surface area contributed by atoms with E-state index in [4.69, 9.17) is 4.74 Å². The van der Waals surface area contributed by atoms with Gasteiger partial charge in [0.15, 0.2) is 0 Å². The molecule has 4 rings (SSSR count). The number of morpholine rings is 1. The van der Waals surface area contributed by atoms with Gasteiger partial charge in [0.05, 0.1) is 25.1 Å². The number of hydrogen-bond acceptors (Lipinski definition) is 4. The van der Waals surface area contributed by atoms with Gasteiger partial charge in [-0.1, -0.05) is 12.5 Å². The molecule has 0 radical (unpaired) electrons. The van der Waals surface area contributed by atoms with Crippen molar-refractivity contribution in [3.8, 4) is 5.69 Å². The van der Waals surface area contributed by atoms with Crippen LogP contribution in [0.4, 0.5) is 4.39 Å². The molecular weight excluding hydrogens is 331 g/mol. The van der Waals surface area contributed by atoms with Gasteiger partial charge < -0.3 is 4.74 Å². The molecule has 5 nitrogen and oxygen atoms in total. The van der Waals surface area contributed by atoms with Crippen molar-refractivity contribution in [3.05, 3.63) is 48.0 Å². The minimum atomic E-state index is -0.235. The third-order valence-electron chi connectivity index (χ3n) is 5.42. The Hall–Kier alpha value is -1.76. The average Bonchev–Trinajstić information content (AvgIpc) is 3.13. The monoisotopic (exact) mass is 358 g/mol. The van der Waals surface area contributed by atoms with Crippen LogP contribution in [0.2, 0.25) is 0 Å². The number of piperidine rings is 1. The molecular formula is C20H27FN4O. The predicted octanol–water partition coefficient (Wildman–Crippen LogP) is 2.70. The van der Waals surface area contributed by atoms with Crippen LogP contribution in [0.3, 0.4) is 0 Å². The summed E-state index contributed by atoms with van der Waals surface area (Å²) in [5.41, 5.74) is 1.95. The third-order valence-corrected chi connectivity index (χ3v) is 5.42. The van der Waals surface area contributed by atoms with Crippen molar-refractivity contribution in [2.45, 2.75) is 31.8 Å². The van der Waals surface area contributed by atoms with Gasteiger partial charge >= 0.3 is 0 Å². The van der Waals surface area contributed by atoms with Gasteiger partial charge in [-0.3, -0.25) is 9.80 Å². The van der Waals surface area contributed by atoms with Crippen LogP contribution in [0.5, 0.6) is 0 Å². The van der Waals surface area contributed by atoms with Crippen LogP contribution in [0.15, 0.2) is 36.7 Å². The molecule has 0 saturated carbocycles. The molecule has 0 amide bonds. The maximum absolute atomic E-state index is 13.4. The highest BCUT2D eigenvalue weighted by Gasteiger charge is 2.25. The fourth-order valence-corrected chi connectivity index (χ4v) is 3.99. The van der Waals surface area contributed by atoms with E-state index in [1.165, 1.54) is 37.0 Å². The highest BCUT2D eigenvalue weighted by atomic mass is 19.1. The highest BCUT2D eigenvalue weighted by molar-refractivity contribution is 5.31. The molecule has 0 aliphatic carbocycles. The molecule has 26 heavy (non-hydrogen) atoms. The summed E-state index contributed by atoms with van der Waals surface area (Å²) >= 11 is 0. The third kappa shape index (κ3) is 4.31. The Balaban J connectivity index is 1.41. The Morgan fingerprint density at radius 2 is 2.04 bits per heavy atom. The van der Waals surface area contributed by atoms with Crippen molar-refractivity contribution in [1.82, 2.24) is 19.6 Å². The molecule has 2 aliphatic heterocycles. The topological polar surface area (TPSA) is 33.5 Å². The number of aromatic nitrogens is 2. The first-order valence-corrected chi connectivity index (χ1v) is 9.61. The van der Waals surface area contributed by atoms with Crippen LogP contribution >= 0.6 is 0 Å². The molecule has 2 aliphatic rings. The van der Waals surface area contributed by atoms with Crippen LogP contribution in [-0.4, -0.2) is 65.0 Å². The standard InChI is InChI=1S/C20H27FN4O/c21-18-4-3-6-19(12-18)25-15-17(13-22-25)14-24-7-2-1-5-20(24)16-23-8-10-26-11-9-23/h3-4,6,12-13,15,20H,1-2,5,7-11,14,16H2/t20-/m0/s1. The molecule has 0 bridgehead atoms. The van der Waals surface area contributed by atoms with Crippen molar-refractivity contribution >= 4 is 0 Å². The van der Waals surface area contributed by atoms with Crippen LogP contribution in [0, 0.1) is 5.82 Å². The lowest BCUT2D eigenvalue weighted by molar-refractivity contribution is 0.0153. The van der Waals surface area contributed by atoms with E-state index < -0.39 is 0 Å². The molecule has 1 aromatic carbocycles. The zero-order chi connectivity index (χ0) is 17.8. The van der Waals surface area contributed by atoms with E-state index >= 15 is 0 Å². The highest BCUT2D eigenvalue weighted by Crippen LogP contribution is 2.21. The van der Waals surface area contributed by atoms with Gasteiger partial charge in [0.1, 0.15) is 5.82 Å². The molecule has 2 fully saturated rings. The Morgan fingerprint density at radius 1 is 1.15 bits per heavy atom. The SMILES string of the molecule is Fc1cccc(-n2cc(CN3CCCC[C@H]3CN3CCOCC3)cn2)c1. The largest absolute Gasteiger partial charge is 0.379 e. The van der Waals surface area contributed by atoms with Crippen LogP contribution < -0.4 is 0 Å². The van der Waals surface area contributed by atoms with E-state index in [1.54, 1.807) is 10.7 Å². The molecule has 1 atom stereocenters. The van der Waals surface area contributed by atoms with Gasteiger partial charge in [-0.15, -0.1) is 0 Å². The van der Waals surface area contributed by atoms with Gasteiger partial charge in [0.25, 0.3) is 0 Å². The van der Waals surface area contributed by atoms with Gasteiger partial charge in [-0.05, 0) is 37.6 Å². The van der Waals surface area contributed by atoms with Gasteiger partial charge in [-0.2, -0.15) is 5.10 Å². The summed E-state index contributed by atoms with van der Waals surface area (Å²) in [4.78, 5) is 5.12. The zero-order valence-corrected chi connectivity index (χ0v) is 15.2. The summed E-state index contributed by atoms with van der Waals surface area (Å²) in [6.45, 7) is 6.97. The first-order chi connectivity index (χ1) is 12.8. The fourth-order valence-electron chi connectivity index (χ4n) is 3.99. The van der Waals surface area contributed by atoms with Crippen molar-refractivity contribution in [2.75, 3.05) is 39.4 Å². The van der Waals surface area contributed by atoms with Crippen molar-refractivity contribution in [2.24, 2.45) is 0 Å². The lowest BCUT2D eigenvalue weighted by Crippen LogP contribution is -2.49. The van der Waals surface area contributed by atoms with Gasteiger partial charge in [0.2, 0.25) is 0 Å². The van der Waals surface area contributed by atoms with E-state index in [2.05, 4.69) is 14.9 Å². The summed E-state index contributed by atoms with van der Waals surface area (Å²) < 4.78 is 20.7. The summed E-state index contributed by atoms with van der Waals surface area (Å²) in [5.74, 6) is -0.235. The first-order valence-electron chi connectivity index (χ1n) is 9.61. The van der Waals surface area contributed by atoms with E-state index in [0.29, 0.717) is 6.04 Å². The van der Waals surface area contributed by atoms with E-state index in [9.17, 15) is 4.39 Å². The molecule has 0 unspecified atom stereocenters. The number of benzene rings is 1. The smallest absolute Gasteiger partial charge is 0.125 e. The van der Waals surface area contributed by atoms with Crippen molar-refractivity contribution in [3.63, 3.8) is 0 Å². The van der Waals surface area contributed by atoms with Gasteiger partial charge in [-0.25, -0.2) is 9.07 Å². The molecule has 6 heteroatoms. The Bertz CT molecular complexity index is 713. The second kappa shape index (κ2) is 8.29. The average molecular weight is 358 g/mol. The van der Waals surface area contributed by atoms with Crippen LogP contribution in [0.25, 0.3) is 5.69 Å². The Kier molecular flexibility index (Phi) is 5.62. The number of halogens is 1. The molecule has 3 heterocycles. The lowest BCUT2D eigenvalue weighted by Gasteiger charge is -2.39. The molecule has 1 aromatic heterocycles. The Labute approximate surface area is 154 Å². The van der Waals surface area contributed by atoms with Gasteiger partial charge in [0, 0.05) is 44.0 Å².